The molecule has 0 saturated heterocycles. The lowest BCUT2D eigenvalue weighted by atomic mass is 9.37. The monoisotopic (exact) mass is 216 g/mol. The summed E-state index contributed by atoms with van der Waals surface area (Å²) < 4.78 is 0. The van der Waals surface area contributed by atoms with Gasteiger partial charge in [-0.3, -0.25) is 11.3 Å². The maximum atomic E-state index is 5.57. The maximum absolute atomic E-state index is 5.57. The molecule has 3 N–H and O–H groups in total. The third kappa shape index (κ3) is 1.20. The van der Waals surface area contributed by atoms with Crippen LogP contribution in [0, 0.1) is 0 Å². The Morgan fingerprint density at radius 1 is 1.25 bits per heavy atom. The molecule has 4 rings (SSSR count). The predicted molar refractivity (Wildman–Crippen MR) is 66.1 cm³/mol. The third-order valence-electron chi connectivity index (χ3n) is 4.50. The third-order valence-corrected chi connectivity index (χ3v) is 4.50. The summed E-state index contributed by atoms with van der Waals surface area (Å²) in [6.45, 7) is 4.51. The Morgan fingerprint density at radius 3 is 2.50 bits per heavy atom. The van der Waals surface area contributed by atoms with Crippen molar-refractivity contribution >= 4 is 0 Å². The van der Waals surface area contributed by atoms with Crippen LogP contribution >= 0.6 is 0 Å². The van der Waals surface area contributed by atoms with E-state index in [-0.39, 0.29) is 5.54 Å². The van der Waals surface area contributed by atoms with E-state index in [1.165, 1.54) is 30.4 Å². The summed E-state index contributed by atoms with van der Waals surface area (Å²) in [7, 11) is 0. The van der Waals surface area contributed by atoms with Crippen molar-refractivity contribution in [1.29, 1.82) is 0 Å². The lowest BCUT2D eigenvalue weighted by Gasteiger charge is -2.70. The van der Waals surface area contributed by atoms with E-state index in [2.05, 4.69) is 43.5 Å². The van der Waals surface area contributed by atoms with Gasteiger partial charge in [-0.05, 0) is 36.3 Å². The predicted octanol–water partition coefficient (Wildman–Crippen LogP) is 2.45. The zero-order valence-corrected chi connectivity index (χ0v) is 10.1. The number of hydrogen-bond donors (Lipinski definition) is 2. The lowest BCUT2D eigenvalue weighted by molar-refractivity contribution is -0.0883. The SMILES string of the molecule is CC(C)c1cccc(C23CC(NN)(C2)C3)c1. The standard InChI is InChI=1S/C14H20N2/c1-10(2)11-4-3-5-12(6-11)13-7-14(8-13,9-13)16-15/h3-6,10,16H,7-9,15H2,1-2H3. The number of rotatable bonds is 3. The molecule has 3 aliphatic carbocycles. The minimum atomic E-state index is 0.286. The van der Waals surface area contributed by atoms with E-state index in [4.69, 9.17) is 5.84 Å². The molecule has 16 heavy (non-hydrogen) atoms. The molecular weight excluding hydrogens is 196 g/mol. The van der Waals surface area contributed by atoms with Gasteiger partial charge in [-0.1, -0.05) is 38.1 Å². The van der Waals surface area contributed by atoms with Crippen molar-refractivity contribution in [1.82, 2.24) is 5.43 Å². The van der Waals surface area contributed by atoms with Crippen molar-refractivity contribution in [3.05, 3.63) is 35.4 Å². The summed E-state index contributed by atoms with van der Waals surface area (Å²) in [5.74, 6) is 6.19. The molecule has 0 heterocycles. The minimum Gasteiger partial charge on any atom is -0.271 e. The first-order valence-corrected chi connectivity index (χ1v) is 6.17. The zero-order chi connectivity index (χ0) is 11.4. The second kappa shape index (κ2) is 3.08. The fourth-order valence-electron chi connectivity index (χ4n) is 3.47. The highest BCUT2D eigenvalue weighted by atomic mass is 15.3. The Bertz CT molecular complexity index is 403. The molecule has 3 aliphatic rings. The topological polar surface area (TPSA) is 38.0 Å². The summed E-state index contributed by atoms with van der Waals surface area (Å²) in [5.41, 5.74) is 6.70. The molecule has 86 valence electrons. The van der Waals surface area contributed by atoms with Gasteiger partial charge in [0.1, 0.15) is 0 Å². The highest BCUT2D eigenvalue weighted by Crippen LogP contribution is 2.67. The van der Waals surface area contributed by atoms with Crippen molar-refractivity contribution in [2.45, 2.75) is 50.0 Å². The number of benzene rings is 1. The minimum absolute atomic E-state index is 0.286. The Hall–Kier alpha value is -0.860. The van der Waals surface area contributed by atoms with Crippen molar-refractivity contribution < 1.29 is 0 Å². The Balaban J connectivity index is 1.85. The van der Waals surface area contributed by atoms with Gasteiger partial charge in [-0.25, -0.2) is 0 Å². The first-order chi connectivity index (χ1) is 7.59. The van der Waals surface area contributed by atoms with Crippen molar-refractivity contribution in [2.75, 3.05) is 0 Å². The number of nitrogens with one attached hydrogen (secondary N) is 1. The molecule has 0 aliphatic heterocycles. The second-order valence-corrected chi connectivity index (χ2v) is 6.02. The quantitative estimate of drug-likeness (QED) is 0.601. The normalized spacial score (nSPS) is 35.8. The average molecular weight is 216 g/mol. The second-order valence-electron chi connectivity index (χ2n) is 6.02. The smallest absolute Gasteiger partial charge is 0.0346 e. The van der Waals surface area contributed by atoms with Gasteiger partial charge < -0.3 is 0 Å². The molecule has 0 aromatic heterocycles. The summed E-state index contributed by atoms with van der Waals surface area (Å²) in [5, 5.41) is 0. The summed E-state index contributed by atoms with van der Waals surface area (Å²) in [4.78, 5) is 0. The molecule has 0 spiro atoms. The zero-order valence-electron chi connectivity index (χ0n) is 10.1. The van der Waals surface area contributed by atoms with Crippen LogP contribution in [0.25, 0.3) is 0 Å². The molecule has 2 bridgehead atoms. The highest BCUT2D eigenvalue weighted by Gasteiger charge is 2.68. The maximum Gasteiger partial charge on any atom is 0.0346 e. The fraction of sp³-hybridized carbons (Fsp3) is 0.571. The van der Waals surface area contributed by atoms with Gasteiger partial charge in [0, 0.05) is 11.0 Å². The summed E-state index contributed by atoms with van der Waals surface area (Å²) >= 11 is 0. The molecule has 0 radical (unpaired) electrons. The van der Waals surface area contributed by atoms with Crippen LogP contribution in [0.3, 0.4) is 0 Å². The Morgan fingerprint density at radius 2 is 1.94 bits per heavy atom. The van der Waals surface area contributed by atoms with E-state index in [0.717, 1.165) is 0 Å². The van der Waals surface area contributed by atoms with E-state index in [0.29, 0.717) is 11.3 Å². The largest absolute Gasteiger partial charge is 0.271 e. The van der Waals surface area contributed by atoms with Gasteiger partial charge in [-0.15, -0.1) is 0 Å². The van der Waals surface area contributed by atoms with Crippen LogP contribution in [0.4, 0.5) is 0 Å². The lowest BCUT2D eigenvalue weighted by Crippen LogP contribution is -2.77. The molecular formula is C14H20N2. The summed E-state index contributed by atoms with van der Waals surface area (Å²) in [6.07, 6.45) is 3.66. The molecule has 0 amide bonds. The van der Waals surface area contributed by atoms with E-state index in [1.807, 2.05) is 0 Å². The highest BCUT2D eigenvalue weighted by molar-refractivity contribution is 5.43. The van der Waals surface area contributed by atoms with Crippen LogP contribution < -0.4 is 11.3 Å². The Labute approximate surface area is 97.2 Å². The fourth-order valence-corrected chi connectivity index (χ4v) is 3.47. The van der Waals surface area contributed by atoms with Crippen LogP contribution in [0.15, 0.2) is 24.3 Å². The van der Waals surface area contributed by atoms with Crippen LogP contribution in [0.5, 0.6) is 0 Å². The van der Waals surface area contributed by atoms with E-state index in [1.54, 1.807) is 0 Å². The van der Waals surface area contributed by atoms with Crippen LogP contribution in [-0.2, 0) is 5.41 Å². The van der Waals surface area contributed by atoms with Crippen molar-refractivity contribution in [3.8, 4) is 0 Å². The Kier molecular flexibility index (Phi) is 1.99. The van der Waals surface area contributed by atoms with Gasteiger partial charge in [0.05, 0.1) is 0 Å². The number of nitrogens with two attached hydrogens (primary N) is 1. The first kappa shape index (κ1) is 10.3. The molecule has 1 aromatic carbocycles. The van der Waals surface area contributed by atoms with Crippen LogP contribution in [-0.4, -0.2) is 5.54 Å². The van der Waals surface area contributed by atoms with Crippen LogP contribution in [0.2, 0.25) is 0 Å². The van der Waals surface area contributed by atoms with Gasteiger partial charge >= 0.3 is 0 Å². The number of hydrazine groups is 1. The molecule has 0 atom stereocenters. The average Bonchev–Trinajstić information content (AvgIpc) is 2.15. The van der Waals surface area contributed by atoms with E-state index < -0.39 is 0 Å². The van der Waals surface area contributed by atoms with Crippen molar-refractivity contribution in [3.63, 3.8) is 0 Å². The molecule has 1 aromatic rings. The molecule has 0 unspecified atom stereocenters. The molecule has 2 nitrogen and oxygen atoms in total. The van der Waals surface area contributed by atoms with E-state index in [9.17, 15) is 0 Å². The van der Waals surface area contributed by atoms with Gasteiger partial charge in [0.15, 0.2) is 0 Å². The van der Waals surface area contributed by atoms with Crippen LogP contribution in [0.1, 0.15) is 50.2 Å². The van der Waals surface area contributed by atoms with Gasteiger partial charge in [0.2, 0.25) is 0 Å². The van der Waals surface area contributed by atoms with Gasteiger partial charge in [0.25, 0.3) is 0 Å². The molecule has 3 fully saturated rings. The van der Waals surface area contributed by atoms with E-state index >= 15 is 0 Å². The molecule has 2 heteroatoms. The molecule has 3 saturated carbocycles. The first-order valence-electron chi connectivity index (χ1n) is 6.17. The number of hydrogen-bond acceptors (Lipinski definition) is 2. The summed E-state index contributed by atoms with van der Waals surface area (Å²) in [6, 6.07) is 9.11. The van der Waals surface area contributed by atoms with Gasteiger partial charge in [-0.2, -0.15) is 0 Å². The van der Waals surface area contributed by atoms with Crippen molar-refractivity contribution in [2.24, 2.45) is 5.84 Å².